The predicted octanol–water partition coefficient (Wildman–Crippen LogP) is 3.62. The number of rotatable bonds is 1. The summed E-state index contributed by atoms with van der Waals surface area (Å²) in [7, 11) is 0. The highest BCUT2D eigenvalue weighted by atomic mass is 19.4. The Morgan fingerprint density at radius 2 is 1.38 bits per heavy atom. The van der Waals surface area contributed by atoms with Gasteiger partial charge in [-0.05, 0) is 0 Å². The van der Waals surface area contributed by atoms with Crippen LogP contribution in [0.5, 0.6) is 0 Å². The van der Waals surface area contributed by atoms with E-state index in [1.165, 1.54) is 0 Å². The molecule has 16 heavy (non-hydrogen) atoms. The van der Waals surface area contributed by atoms with Gasteiger partial charge in [0, 0.05) is 11.6 Å². The van der Waals surface area contributed by atoms with Gasteiger partial charge < -0.3 is 0 Å². The van der Waals surface area contributed by atoms with Crippen molar-refractivity contribution >= 4 is 0 Å². The summed E-state index contributed by atoms with van der Waals surface area (Å²) in [6.45, 7) is 0. The van der Waals surface area contributed by atoms with Crippen molar-refractivity contribution in [2.45, 2.75) is 12.3 Å². The summed E-state index contributed by atoms with van der Waals surface area (Å²) in [5.41, 5.74) is -2.05. The van der Waals surface area contributed by atoms with Gasteiger partial charge in [-0.1, -0.05) is 0 Å². The van der Waals surface area contributed by atoms with Gasteiger partial charge in [0.1, 0.15) is 0 Å². The summed E-state index contributed by atoms with van der Waals surface area (Å²) < 4.78 is 97.7. The van der Waals surface area contributed by atoms with Gasteiger partial charge in [0.25, 0.3) is 0 Å². The minimum absolute atomic E-state index is 0.839. The molecule has 1 radical (unpaired) electrons. The number of halogens is 8. The van der Waals surface area contributed by atoms with Crippen LogP contribution in [0, 0.1) is 29.3 Å². The van der Waals surface area contributed by atoms with Crippen LogP contribution in [0.4, 0.5) is 35.1 Å². The van der Waals surface area contributed by atoms with E-state index in [4.69, 9.17) is 0 Å². The Morgan fingerprint density at radius 1 is 0.875 bits per heavy atom. The lowest BCUT2D eigenvalue weighted by Crippen LogP contribution is -2.19. The molecule has 0 saturated heterocycles. The molecule has 8 heteroatoms. The Kier molecular flexibility index (Phi) is 3.11. The van der Waals surface area contributed by atoms with Crippen molar-refractivity contribution in [3.05, 3.63) is 34.9 Å². The number of alkyl halides is 4. The van der Waals surface area contributed by atoms with Crippen molar-refractivity contribution in [2.75, 3.05) is 0 Å². The highest BCUT2D eigenvalue weighted by molar-refractivity contribution is 5.23. The van der Waals surface area contributed by atoms with Crippen molar-refractivity contribution in [1.82, 2.24) is 0 Å². The molecule has 1 aromatic carbocycles. The summed E-state index contributed by atoms with van der Waals surface area (Å²) in [6.07, 6.45) is -9.54. The number of benzene rings is 1. The van der Waals surface area contributed by atoms with Gasteiger partial charge in [0.15, 0.2) is 23.3 Å². The average molecular weight is 249 g/mol. The standard InChI is InChI=1S/C8HF8/c9-3-1-2(7(13)8(14,15)16)4(10)6(12)5(3)11/h7H. The smallest absolute Gasteiger partial charge is 0.232 e. The minimum Gasteiger partial charge on any atom is -0.232 e. The summed E-state index contributed by atoms with van der Waals surface area (Å²) >= 11 is 0. The number of hydrogen-bond donors (Lipinski definition) is 0. The fraction of sp³-hybridized carbons (Fsp3) is 0.250. The Bertz CT molecular complexity index is 407. The maximum Gasteiger partial charge on any atom is 0.424 e. The maximum atomic E-state index is 12.7. The average Bonchev–Trinajstić information content (AvgIpc) is 2.18. The van der Waals surface area contributed by atoms with Crippen molar-refractivity contribution in [2.24, 2.45) is 0 Å². The first kappa shape index (κ1) is 12.7. The molecule has 1 atom stereocenters. The van der Waals surface area contributed by atoms with Crippen molar-refractivity contribution in [3.63, 3.8) is 0 Å². The van der Waals surface area contributed by atoms with E-state index in [2.05, 4.69) is 0 Å². The van der Waals surface area contributed by atoms with Crippen LogP contribution in [-0.2, 0) is 0 Å². The zero-order valence-corrected chi connectivity index (χ0v) is 7.10. The van der Waals surface area contributed by atoms with Crippen LogP contribution in [0.15, 0.2) is 0 Å². The molecule has 1 unspecified atom stereocenters. The van der Waals surface area contributed by atoms with E-state index in [1.807, 2.05) is 0 Å². The Morgan fingerprint density at radius 3 is 1.81 bits per heavy atom. The second kappa shape index (κ2) is 3.91. The third kappa shape index (κ3) is 2.10. The van der Waals surface area contributed by atoms with E-state index in [0.717, 1.165) is 6.07 Å². The fourth-order valence-corrected chi connectivity index (χ4v) is 0.877. The van der Waals surface area contributed by atoms with Gasteiger partial charge in [0.2, 0.25) is 6.17 Å². The molecule has 0 nitrogen and oxygen atoms in total. The number of hydrogen-bond acceptors (Lipinski definition) is 0. The molecular formula is C8HF8. The lowest BCUT2D eigenvalue weighted by Gasteiger charge is -2.13. The molecule has 0 heterocycles. The first-order valence-electron chi connectivity index (χ1n) is 3.62. The molecule has 0 aliphatic rings. The third-order valence-electron chi connectivity index (χ3n) is 1.60. The molecule has 0 spiro atoms. The zero-order valence-electron chi connectivity index (χ0n) is 7.10. The molecule has 1 rings (SSSR count). The van der Waals surface area contributed by atoms with Crippen LogP contribution in [0.25, 0.3) is 0 Å². The van der Waals surface area contributed by atoms with Gasteiger partial charge in [-0.2, -0.15) is 13.2 Å². The summed E-state index contributed by atoms with van der Waals surface area (Å²) in [5, 5.41) is 0. The molecule has 0 bridgehead atoms. The first-order chi connectivity index (χ1) is 7.16. The molecular weight excluding hydrogens is 248 g/mol. The predicted molar refractivity (Wildman–Crippen MR) is 35.0 cm³/mol. The Balaban J connectivity index is 3.36. The fourth-order valence-electron chi connectivity index (χ4n) is 0.877. The van der Waals surface area contributed by atoms with Gasteiger partial charge in [-0.3, -0.25) is 0 Å². The van der Waals surface area contributed by atoms with Crippen LogP contribution in [0.1, 0.15) is 11.7 Å². The largest absolute Gasteiger partial charge is 0.424 e. The van der Waals surface area contributed by atoms with Crippen LogP contribution < -0.4 is 0 Å². The second-order valence-corrected chi connectivity index (χ2v) is 2.70. The molecule has 1 aromatic rings. The molecule has 0 aromatic heterocycles. The normalized spacial score (nSPS) is 14.0. The lowest BCUT2D eigenvalue weighted by atomic mass is 10.1. The van der Waals surface area contributed by atoms with E-state index < -0.39 is 41.2 Å². The molecule has 0 aliphatic heterocycles. The SMILES string of the molecule is Fc1[c]c(C(F)C(F)(F)F)c(F)c(F)c1F. The quantitative estimate of drug-likeness (QED) is 0.405. The van der Waals surface area contributed by atoms with Gasteiger partial charge >= 0.3 is 6.18 Å². The molecule has 0 aliphatic carbocycles. The van der Waals surface area contributed by atoms with E-state index in [-0.39, 0.29) is 0 Å². The van der Waals surface area contributed by atoms with Crippen LogP contribution in [0.3, 0.4) is 0 Å². The Labute approximate surface area is 83.5 Å². The van der Waals surface area contributed by atoms with E-state index >= 15 is 0 Å². The summed E-state index contributed by atoms with van der Waals surface area (Å²) in [5.74, 6) is -9.54. The van der Waals surface area contributed by atoms with Crippen molar-refractivity contribution in [3.8, 4) is 0 Å². The van der Waals surface area contributed by atoms with Crippen LogP contribution >= 0.6 is 0 Å². The highest BCUT2D eigenvalue weighted by Crippen LogP contribution is 2.38. The molecule has 0 N–H and O–H groups in total. The van der Waals surface area contributed by atoms with Crippen LogP contribution in [-0.4, -0.2) is 6.18 Å². The molecule has 0 fully saturated rings. The van der Waals surface area contributed by atoms with E-state index in [9.17, 15) is 35.1 Å². The van der Waals surface area contributed by atoms with Gasteiger partial charge in [0.05, 0.1) is 0 Å². The van der Waals surface area contributed by atoms with Crippen molar-refractivity contribution in [1.29, 1.82) is 0 Å². The third-order valence-corrected chi connectivity index (χ3v) is 1.60. The molecule has 89 valence electrons. The monoisotopic (exact) mass is 249 g/mol. The van der Waals surface area contributed by atoms with Crippen molar-refractivity contribution < 1.29 is 35.1 Å². The van der Waals surface area contributed by atoms with Gasteiger partial charge in [-0.25, -0.2) is 22.0 Å². The maximum absolute atomic E-state index is 12.7. The molecule has 0 saturated carbocycles. The van der Waals surface area contributed by atoms with E-state index in [1.54, 1.807) is 0 Å². The second-order valence-electron chi connectivity index (χ2n) is 2.70. The first-order valence-corrected chi connectivity index (χ1v) is 3.62. The lowest BCUT2D eigenvalue weighted by molar-refractivity contribution is -0.183. The zero-order chi connectivity index (χ0) is 12.7. The Hall–Kier alpha value is -1.34. The topological polar surface area (TPSA) is 0 Å². The summed E-state index contributed by atoms with van der Waals surface area (Å²) in [4.78, 5) is 0. The minimum atomic E-state index is -5.56. The van der Waals surface area contributed by atoms with Gasteiger partial charge in [-0.15, -0.1) is 0 Å². The van der Waals surface area contributed by atoms with E-state index in [0.29, 0.717) is 0 Å². The highest BCUT2D eigenvalue weighted by Gasteiger charge is 2.44. The van der Waals surface area contributed by atoms with Crippen LogP contribution in [0.2, 0.25) is 0 Å². The summed E-state index contributed by atoms with van der Waals surface area (Å²) in [6, 6.07) is 0.839. The molecule has 0 amide bonds.